The second-order valence-corrected chi connectivity index (χ2v) is 5.27. The van der Waals surface area contributed by atoms with E-state index in [2.05, 4.69) is 5.32 Å². The molecule has 2 aromatic rings. The van der Waals surface area contributed by atoms with Gasteiger partial charge in [0.1, 0.15) is 5.82 Å². The number of amides is 1. The van der Waals surface area contributed by atoms with Crippen LogP contribution < -0.4 is 14.8 Å². The van der Waals surface area contributed by atoms with Gasteiger partial charge in [-0.3, -0.25) is 4.79 Å². The molecule has 0 aliphatic carbocycles. The zero-order valence-electron chi connectivity index (χ0n) is 12.9. The molecule has 122 valence electrons. The van der Waals surface area contributed by atoms with Crippen LogP contribution in [-0.4, -0.2) is 20.1 Å². The van der Waals surface area contributed by atoms with Gasteiger partial charge >= 0.3 is 0 Å². The zero-order valence-corrected chi connectivity index (χ0v) is 13.6. The van der Waals surface area contributed by atoms with Crippen LogP contribution in [0.4, 0.5) is 10.1 Å². The van der Waals surface area contributed by atoms with Crippen molar-refractivity contribution in [2.24, 2.45) is 0 Å². The minimum Gasteiger partial charge on any atom is -0.493 e. The molecule has 2 rings (SSSR count). The first kappa shape index (κ1) is 17.1. The lowest BCUT2D eigenvalue weighted by Gasteiger charge is -2.10. The monoisotopic (exact) mass is 337 g/mol. The van der Waals surface area contributed by atoms with E-state index in [9.17, 15) is 9.18 Å². The Morgan fingerprint density at radius 3 is 2.52 bits per heavy atom. The van der Waals surface area contributed by atoms with Gasteiger partial charge in [0.2, 0.25) is 5.91 Å². The molecular weight excluding hydrogens is 321 g/mol. The summed E-state index contributed by atoms with van der Waals surface area (Å²) >= 11 is 5.88. The molecule has 0 atom stereocenters. The topological polar surface area (TPSA) is 47.6 Å². The number of hydrogen-bond acceptors (Lipinski definition) is 3. The fraction of sp³-hybridized carbons (Fsp3) is 0.235. The molecule has 0 saturated heterocycles. The van der Waals surface area contributed by atoms with Crippen molar-refractivity contribution >= 4 is 23.2 Å². The molecule has 4 nitrogen and oxygen atoms in total. The van der Waals surface area contributed by atoms with Gasteiger partial charge < -0.3 is 14.8 Å². The van der Waals surface area contributed by atoms with E-state index in [1.54, 1.807) is 20.3 Å². The van der Waals surface area contributed by atoms with Crippen molar-refractivity contribution in [2.75, 3.05) is 19.5 Å². The van der Waals surface area contributed by atoms with E-state index in [1.807, 2.05) is 12.1 Å². The summed E-state index contributed by atoms with van der Waals surface area (Å²) < 4.78 is 23.4. The molecule has 0 spiro atoms. The molecule has 0 aromatic heterocycles. The summed E-state index contributed by atoms with van der Waals surface area (Å²) in [7, 11) is 3.13. The van der Waals surface area contributed by atoms with Crippen molar-refractivity contribution in [3.63, 3.8) is 0 Å². The van der Waals surface area contributed by atoms with Crippen molar-refractivity contribution in [3.05, 3.63) is 52.8 Å². The maximum Gasteiger partial charge on any atom is 0.224 e. The van der Waals surface area contributed by atoms with Gasteiger partial charge in [-0.2, -0.15) is 0 Å². The van der Waals surface area contributed by atoms with Crippen LogP contribution in [0.15, 0.2) is 36.4 Å². The second-order valence-electron chi connectivity index (χ2n) is 4.86. The van der Waals surface area contributed by atoms with Crippen molar-refractivity contribution in [3.8, 4) is 11.5 Å². The molecule has 6 heteroatoms. The van der Waals surface area contributed by atoms with Gasteiger partial charge in [0.25, 0.3) is 0 Å². The number of rotatable bonds is 6. The number of nitrogens with one attached hydrogen (secondary N) is 1. The fourth-order valence-corrected chi connectivity index (χ4v) is 2.31. The molecule has 0 aliphatic rings. The van der Waals surface area contributed by atoms with Gasteiger partial charge in [-0.1, -0.05) is 17.7 Å². The Morgan fingerprint density at radius 2 is 1.87 bits per heavy atom. The average Bonchev–Trinajstić information content (AvgIpc) is 2.55. The van der Waals surface area contributed by atoms with E-state index in [0.29, 0.717) is 23.6 Å². The quantitative estimate of drug-likeness (QED) is 0.864. The molecule has 0 fully saturated rings. The van der Waals surface area contributed by atoms with Gasteiger partial charge in [-0.15, -0.1) is 0 Å². The molecule has 1 N–H and O–H groups in total. The lowest BCUT2D eigenvalue weighted by molar-refractivity contribution is -0.116. The summed E-state index contributed by atoms with van der Waals surface area (Å²) in [5.74, 6) is 0.609. The maximum absolute atomic E-state index is 13.0. The highest BCUT2D eigenvalue weighted by molar-refractivity contribution is 6.33. The van der Waals surface area contributed by atoms with E-state index in [1.165, 1.54) is 12.1 Å². The number of aryl methyl sites for hydroxylation is 1. The van der Waals surface area contributed by atoms with Crippen molar-refractivity contribution < 1.29 is 18.7 Å². The average molecular weight is 338 g/mol. The van der Waals surface area contributed by atoms with Gasteiger partial charge in [0.05, 0.1) is 24.9 Å². The largest absolute Gasteiger partial charge is 0.493 e. The van der Waals surface area contributed by atoms with Crippen LogP contribution >= 0.6 is 11.6 Å². The first-order valence-corrected chi connectivity index (χ1v) is 7.37. The third-order valence-electron chi connectivity index (χ3n) is 3.29. The molecular formula is C17H17ClFNO3. The maximum atomic E-state index is 13.0. The minimum absolute atomic E-state index is 0.171. The normalized spacial score (nSPS) is 10.3. The highest BCUT2D eigenvalue weighted by Gasteiger charge is 2.09. The molecule has 23 heavy (non-hydrogen) atoms. The highest BCUT2D eigenvalue weighted by atomic mass is 35.5. The van der Waals surface area contributed by atoms with Crippen LogP contribution in [0.3, 0.4) is 0 Å². The van der Waals surface area contributed by atoms with Gasteiger partial charge in [0.15, 0.2) is 11.5 Å². The van der Waals surface area contributed by atoms with Crippen molar-refractivity contribution in [2.45, 2.75) is 12.8 Å². The van der Waals surface area contributed by atoms with Crippen LogP contribution in [-0.2, 0) is 11.2 Å². The Morgan fingerprint density at radius 1 is 1.13 bits per heavy atom. The van der Waals surface area contributed by atoms with Crippen LogP contribution in [0.5, 0.6) is 11.5 Å². The third kappa shape index (κ3) is 4.60. The Balaban J connectivity index is 1.96. The van der Waals surface area contributed by atoms with E-state index in [0.717, 1.165) is 11.6 Å². The number of carbonyl (C=O) groups excluding carboxylic acids is 1. The Hall–Kier alpha value is -2.27. The predicted molar refractivity (Wildman–Crippen MR) is 87.9 cm³/mol. The number of ether oxygens (including phenoxy) is 2. The van der Waals surface area contributed by atoms with Gasteiger partial charge in [0, 0.05) is 6.42 Å². The van der Waals surface area contributed by atoms with E-state index < -0.39 is 5.82 Å². The number of benzene rings is 2. The zero-order chi connectivity index (χ0) is 16.8. The van der Waals surface area contributed by atoms with Crippen LogP contribution in [0.25, 0.3) is 0 Å². The highest BCUT2D eigenvalue weighted by Crippen LogP contribution is 2.28. The molecule has 0 saturated carbocycles. The summed E-state index contributed by atoms with van der Waals surface area (Å²) in [4.78, 5) is 12.0. The third-order valence-corrected chi connectivity index (χ3v) is 3.61. The Labute approximate surface area is 139 Å². The summed E-state index contributed by atoms with van der Waals surface area (Å²) in [6.45, 7) is 0. The van der Waals surface area contributed by atoms with Crippen molar-refractivity contribution in [1.82, 2.24) is 0 Å². The number of anilines is 1. The van der Waals surface area contributed by atoms with Crippen LogP contribution in [0.2, 0.25) is 5.02 Å². The standard InChI is InChI=1S/C17H17ClFNO3/c1-22-15-7-3-11(9-16(15)23-2)4-8-17(21)20-14-6-5-12(19)10-13(14)18/h3,5-7,9-10H,4,8H2,1-2H3,(H,20,21). The lowest BCUT2D eigenvalue weighted by atomic mass is 10.1. The molecule has 1 amide bonds. The predicted octanol–water partition coefficient (Wildman–Crippen LogP) is 4.07. The molecule has 2 aromatic carbocycles. The lowest BCUT2D eigenvalue weighted by Crippen LogP contribution is -2.12. The second kappa shape index (κ2) is 7.83. The van der Waals surface area contributed by atoms with E-state index in [4.69, 9.17) is 21.1 Å². The molecule has 0 unspecified atom stereocenters. The summed E-state index contributed by atoms with van der Waals surface area (Å²) in [5.41, 5.74) is 1.34. The van der Waals surface area contributed by atoms with Crippen LogP contribution in [0.1, 0.15) is 12.0 Å². The number of carbonyl (C=O) groups is 1. The van der Waals surface area contributed by atoms with E-state index in [-0.39, 0.29) is 17.4 Å². The van der Waals surface area contributed by atoms with E-state index >= 15 is 0 Å². The SMILES string of the molecule is COc1ccc(CCC(=O)Nc2ccc(F)cc2Cl)cc1OC. The Bertz CT molecular complexity index is 706. The fourth-order valence-electron chi connectivity index (χ4n) is 2.10. The Kier molecular flexibility index (Phi) is 5.82. The number of methoxy groups -OCH3 is 2. The summed E-state index contributed by atoms with van der Waals surface area (Å²) in [6, 6.07) is 9.34. The first-order valence-electron chi connectivity index (χ1n) is 6.99. The van der Waals surface area contributed by atoms with Crippen LogP contribution in [0, 0.1) is 5.82 Å². The smallest absolute Gasteiger partial charge is 0.224 e. The molecule has 0 heterocycles. The van der Waals surface area contributed by atoms with Gasteiger partial charge in [-0.25, -0.2) is 4.39 Å². The number of hydrogen-bond donors (Lipinski definition) is 1. The van der Waals surface area contributed by atoms with Gasteiger partial charge in [-0.05, 0) is 42.3 Å². The molecule has 0 radical (unpaired) electrons. The summed E-state index contributed by atoms with van der Waals surface area (Å²) in [6.07, 6.45) is 0.800. The molecule has 0 aliphatic heterocycles. The minimum atomic E-state index is -0.446. The molecule has 0 bridgehead atoms. The van der Waals surface area contributed by atoms with Crippen molar-refractivity contribution in [1.29, 1.82) is 0 Å². The first-order chi connectivity index (χ1) is 11.0. The summed E-state index contributed by atoms with van der Waals surface area (Å²) in [5, 5.41) is 2.84. The number of halogens is 2.